The standard InChI is InChI=1S/C14H11BrN2O/c15-13-2-1-3-14(12(13)8-16)17-9-10-4-6-11(18)7-5-10/h1-7,17-18H,9H2. The Bertz CT molecular complexity index is 588. The topological polar surface area (TPSA) is 56.0 Å². The molecular weight excluding hydrogens is 292 g/mol. The maximum Gasteiger partial charge on any atom is 0.115 e. The van der Waals surface area contributed by atoms with Crippen LogP contribution in [-0.2, 0) is 6.54 Å². The number of nitrogens with one attached hydrogen (secondary N) is 1. The average Bonchev–Trinajstić information content (AvgIpc) is 2.38. The molecule has 3 nitrogen and oxygen atoms in total. The van der Waals surface area contributed by atoms with Crippen molar-refractivity contribution in [1.29, 1.82) is 5.26 Å². The number of nitriles is 1. The fourth-order valence-corrected chi connectivity index (χ4v) is 2.05. The van der Waals surface area contributed by atoms with E-state index in [4.69, 9.17) is 5.26 Å². The van der Waals surface area contributed by atoms with Gasteiger partial charge < -0.3 is 10.4 Å². The van der Waals surface area contributed by atoms with Crippen molar-refractivity contribution >= 4 is 21.6 Å². The molecule has 0 spiro atoms. The number of rotatable bonds is 3. The number of hydrogen-bond acceptors (Lipinski definition) is 3. The van der Waals surface area contributed by atoms with E-state index in [1.54, 1.807) is 12.1 Å². The van der Waals surface area contributed by atoms with Gasteiger partial charge in [0.2, 0.25) is 0 Å². The van der Waals surface area contributed by atoms with E-state index in [0.717, 1.165) is 15.7 Å². The zero-order valence-corrected chi connectivity index (χ0v) is 11.1. The van der Waals surface area contributed by atoms with Gasteiger partial charge in [-0.05, 0) is 45.8 Å². The van der Waals surface area contributed by atoms with E-state index in [0.29, 0.717) is 12.1 Å². The van der Waals surface area contributed by atoms with Gasteiger partial charge in [0.25, 0.3) is 0 Å². The Labute approximate surface area is 114 Å². The summed E-state index contributed by atoms with van der Waals surface area (Å²) in [6, 6.07) is 14.7. The monoisotopic (exact) mass is 302 g/mol. The average molecular weight is 303 g/mol. The van der Waals surface area contributed by atoms with Crippen LogP contribution in [0.2, 0.25) is 0 Å². The van der Waals surface area contributed by atoms with Crippen molar-refractivity contribution in [3.8, 4) is 11.8 Å². The number of anilines is 1. The molecule has 2 aromatic rings. The highest BCUT2D eigenvalue weighted by Crippen LogP contribution is 2.24. The molecule has 0 atom stereocenters. The molecule has 0 heterocycles. The van der Waals surface area contributed by atoms with Crippen LogP contribution in [0, 0.1) is 11.3 Å². The van der Waals surface area contributed by atoms with Gasteiger partial charge in [-0.1, -0.05) is 18.2 Å². The minimum atomic E-state index is 0.249. The zero-order chi connectivity index (χ0) is 13.0. The lowest BCUT2D eigenvalue weighted by molar-refractivity contribution is 0.475. The van der Waals surface area contributed by atoms with Crippen molar-refractivity contribution in [2.45, 2.75) is 6.54 Å². The molecule has 0 saturated heterocycles. The van der Waals surface area contributed by atoms with Gasteiger partial charge in [0, 0.05) is 11.0 Å². The molecule has 0 aliphatic heterocycles. The summed E-state index contributed by atoms with van der Waals surface area (Å²) in [5, 5.41) is 21.5. The molecule has 0 amide bonds. The largest absolute Gasteiger partial charge is 0.508 e. The Morgan fingerprint density at radius 2 is 1.89 bits per heavy atom. The van der Waals surface area contributed by atoms with Crippen molar-refractivity contribution < 1.29 is 5.11 Å². The summed E-state index contributed by atoms with van der Waals surface area (Å²) in [7, 11) is 0. The van der Waals surface area contributed by atoms with Gasteiger partial charge in [0.05, 0.1) is 11.3 Å². The Morgan fingerprint density at radius 1 is 1.17 bits per heavy atom. The van der Waals surface area contributed by atoms with E-state index in [1.807, 2.05) is 30.3 Å². The molecule has 0 fully saturated rings. The van der Waals surface area contributed by atoms with Crippen LogP contribution in [0.1, 0.15) is 11.1 Å². The molecule has 0 bridgehead atoms. The number of halogens is 1. The summed E-state index contributed by atoms with van der Waals surface area (Å²) in [6.07, 6.45) is 0. The zero-order valence-electron chi connectivity index (χ0n) is 9.52. The third-order valence-electron chi connectivity index (χ3n) is 2.54. The third-order valence-corrected chi connectivity index (χ3v) is 3.21. The SMILES string of the molecule is N#Cc1c(Br)cccc1NCc1ccc(O)cc1. The van der Waals surface area contributed by atoms with Gasteiger partial charge >= 0.3 is 0 Å². The van der Waals surface area contributed by atoms with Crippen molar-refractivity contribution in [2.75, 3.05) is 5.32 Å². The first-order valence-electron chi connectivity index (χ1n) is 5.41. The van der Waals surface area contributed by atoms with E-state index < -0.39 is 0 Å². The van der Waals surface area contributed by atoms with Crippen LogP contribution in [-0.4, -0.2) is 5.11 Å². The summed E-state index contributed by atoms with van der Waals surface area (Å²) in [4.78, 5) is 0. The Morgan fingerprint density at radius 3 is 2.56 bits per heavy atom. The lowest BCUT2D eigenvalue weighted by Crippen LogP contribution is -2.01. The van der Waals surface area contributed by atoms with Crippen LogP contribution in [0.4, 0.5) is 5.69 Å². The highest BCUT2D eigenvalue weighted by Gasteiger charge is 2.05. The molecule has 2 aromatic carbocycles. The molecule has 0 aromatic heterocycles. The molecule has 0 aliphatic carbocycles. The van der Waals surface area contributed by atoms with Crippen molar-refractivity contribution in [2.24, 2.45) is 0 Å². The number of benzene rings is 2. The van der Waals surface area contributed by atoms with Crippen molar-refractivity contribution in [3.05, 3.63) is 58.1 Å². The molecule has 2 N–H and O–H groups in total. The van der Waals surface area contributed by atoms with Crippen molar-refractivity contribution in [1.82, 2.24) is 0 Å². The second-order valence-electron chi connectivity index (χ2n) is 3.79. The van der Waals surface area contributed by atoms with Crippen LogP contribution in [0.3, 0.4) is 0 Å². The molecule has 90 valence electrons. The van der Waals surface area contributed by atoms with Gasteiger partial charge in [0.1, 0.15) is 11.8 Å². The van der Waals surface area contributed by atoms with E-state index >= 15 is 0 Å². The first kappa shape index (κ1) is 12.5. The van der Waals surface area contributed by atoms with Crippen LogP contribution in [0.5, 0.6) is 5.75 Å². The Hall–Kier alpha value is -1.99. The minimum absolute atomic E-state index is 0.249. The van der Waals surface area contributed by atoms with E-state index in [9.17, 15) is 5.11 Å². The number of phenolic OH excluding ortho intramolecular Hbond substituents is 1. The minimum Gasteiger partial charge on any atom is -0.508 e. The smallest absolute Gasteiger partial charge is 0.115 e. The van der Waals surface area contributed by atoms with E-state index in [-0.39, 0.29) is 5.75 Å². The summed E-state index contributed by atoms with van der Waals surface area (Å²) in [5.74, 6) is 0.249. The number of aromatic hydroxyl groups is 1. The molecular formula is C14H11BrN2O. The fraction of sp³-hybridized carbons (Fsp3) is 0.0714. The predicted octanol–water partition coefficient (Wildman–Crippen LogP) is 3.64. The second kappa shape index (κ2) is 5.56. The normalized spacial score (nSPS) is 9.78. The first-order chi connectivity index (χ1) is 8.70. The summed E-state index contributed by atoms with van der Waals surface area (Å²) in [5.41, 5.74) is 2.42. The number of phenols is 1. The fourth-order valence-electron chi connectivity index (χ4n) is 1.60. The second-order valence-corrected chi connectivity index (χ2v) is 4.65. The van der Waals surface area contributed by atoms with Crippen LogP contribution in [0.15, 0.2) is 46.9 Å². The lowest BCUT2D eigenvalue weighted by Gasteiger charge is -2.09. The highest BCUT2D eigenvalue weighted by molar-refractivity contribution is 9.10. The highest BCUT2D eigenvalue weighted by atomic mass is 79.9. The number of nitrogens with zero attached hydrogens (tertiary/aromatic N) is 1. The lowest BCUT2D eigenvalue weighted by atomic mass is 10.1. The van der Waals surface area contributed by atoms with Crippen LogP contribution >= 0.6 is 15.9 Å². The maximum atomic E-state index is 9.19. The molecule has 2 rings (SSSR count). The first-order valence-corrected chi connectivity index (χ1v) is 6.20. The predicted molar refractivity (Wildman–Crippen MR) is 74.3 cm³/mol. The summed E-state index contributed by atoms with van der Waals surface area (Å²) >= 11 is 3.35. The molecule has 0 unspecified atom stereocenters. The van der Waals surface area contributed by atoms with Gasteiger partial charge in [-0.25, -0.2) is 0 Å². The molecule has 4 heteroatoms. The van der Waals surface area contributed by atoms with E-state index in [2.05, 4.69) is 27.3 Å². The summed E-state index contributed by atoms with van der Waals surface area (Å²) in [6.45, 7) is 0.603. The van der Waals surface area contributed by atoms with Gasteiger partial charge in [-0.15, -0.1) is 0 Å². The molecule has 0 aliphatic rings. The Kier molecular flexibility index (Phi) is 3.85. The van der Waals surface area contributed by atoms with Gasteiger partial charge in [-0.3, -0.25) is 0 Å². The summed E-state index contributed by atoms with van der Waals surface area (Å²) < 4.78 is 0.778. The van der Waals surface area contributed by atoms with Crippen LogP contribution < -0.4 is 5.32 Å². The Balaban J connectivity index is 2.14. The van der Waals surface area contributed by atoms with E-state index in [1.165, 1.54) is 0 Å². The molecule has 0 radical (unpaired) electrons. The van der Waals surface area contributed by atoms with Crippen LogP contribution in [0.25, 0.3) is 0 Å². The molecule has 0 saturated carbocycles. The maximum absolute atomic E-state index is 9.19. The quantitative estimate of drug-likeness (QED) is 0.910. The van der Waals surface area contributed by atoms with Crippen molar-refractivity contribution in [3.63, 3.8) is 0 Å². The van der Waals surface area contributed by atoms with Gasteiger partial charge in [-0.2, -0.15) is 5.26 Å². The number of hydrogen-bond donors (Lipinski definition) is 2. The van der Waals surface area contributed by atoms with Gasteiger partial charge in [0.15, 0.2) is 0 Å². The molecule has 18 heavy (non-hydrogen) atoms. The third kappa shape index (κ3) is 2.82.